The van der Waals surface area contributed by atoms with Gasteiger partial charge in [-0.1, -0.05) is 12.1 Å². The van der Waals surface area contributed by atoms with E-state index in [4.69, 9.17) is 10.5 Å². The molecule has 0 saturated carbocycles. The maximum Gasteiger partial charge on any atom is 0.269 e. The Morgan fingerprint density at radius 2 is 2.00 bits per heavy atom. The summed E-state index contributed by atoms with van der Waals surface area (Å²) in [6, 6.07) is 9.35. The lowest BCUT2D eigenvalue weighted by Crippen LogP contribution is -2.31. The van der Waals surface area contributed by atoms with E-state index in [-0.39, 0.29) is 28.3 Å². The number of aryl methyl sites for hydroxylation is 1. The van der Waals surface area contributed by atoms with Crippen molar-refractivity contribution in [2.24, 2.45) is 12.8 Å². The van der Waals surface area contributed by atoms with E-state index in [0.717, 1.165) is 0 Å². The fourth-order valence-corrected chi connectivity index (χ4v) is 2.86. The van der Waals surface area contributed by atoms with Gasteiger partial charge in [-0.3, -0.25) is 14.9 Å². The van der Waals surface area contributed by atoms with Crippen molar-refractivity contribution in [3.05, 3.63) is 79.1 Å². The van der Waals surface area contributed by atoms with Crippen LogP contribution in [0.3, 0.4) is 0 Å². The minimum atomic E-state index is -0.742. The van der Waals surface area contributed by atoms with Gasteiger partial charge in [-0.2, -0.15) is 5.26 Å². The van der Waals surface area contributed by atoms with E-state index >= 15 is 0 Å². The van der Waals surface area contributed by atoms with Crippen molar-refractivity contribution in [1.29, 1.82) is 5.26 Å². The van der Waals surface area contributed by atoms with Gasteiger partial charge in [0.05, 0.1) is 16.4 Å². The number of allylic oxidation sites excluding steroid dienone is 1. The third-order valence-electron chi connectivity index (χ3n) is 4.29. The number of ether oxygens (including phenoxy) is 1. The molecule has 0 spiro atoms. The highest BCUT2D eigenvalue weighted by Crippen LogP contribution is 2.40. The van der Waals surface area contributed by atoms with Gasteiger partial charge in [0, 0.05) is 30.9 Å². The summed E-state index contributed by atoms with van der Waals surface area (Å²) >= 11 is 0. The van der Waals surface area contributed by atoms with Gasteiger partial charge in [-0.25, -0.2) is 0 Å². The topological polar surface area (TPSA) is 124 Å². The zero-order chi connectivity index (χ0) is 18.3. The average molecular weight is 338 g/mol. The molecule has 0 saturated heterocycles. The highest BCUT2D eigenvalue weighted by molar-refractivity contribution is 5.55. The second kappa shape index (κ2) is 5.79. The van der Waals surface area contributed by atoms with Crippen LogP contribution >= 0.6 is 0 Å². The SMILES string of the molecule is Cc1cc2c(c(=O)n1C)[C@@H](c1ccc([N+](=O)[O-])cc1)C(C#N)=C(N)O2. The number of fused-ring (bicyclic) bond motifs is 1. The van der Waals surface area contributed by atoms with Crippen LogP contribution in [-0.2, 0) is 7.05 Å². The summed E-state index contributed by atoms with van der Waals surface area (Å²) in [5.41, 5.74) is 7.09. The summed E-state index contributed by atoms with van der Waals surface area (Å²) in [6.07, 6.45) is 0. The van der Waals surface area contributed by atoms with E-state index in [9.17, 15) is 20.2 Å². The largest absolute Gasteiger partial charge is 0.440 e. The number of hydrogen-bond donors (Lipinski definition) is 1. The molecule has 1 aromatic carbocycles. The Hall–Kier alpha value is -3.60. The first-order valence-electron chi connectivity index (χ1n) is 7.37. The number of nitrogens with two attached hydrogens (primary N) is 1. The standard InChI is InChI=1S/C17H14N4O4/c1-9-7-13-15(17(22)20(9)2)14(12(8-18)16(19)25-13)10-3-5-11(6-4-10)21(23)24/h3-7,14H,19H2,1-2H3/t14-/m0/s1. The molecule has 0 fully saturated rings. The second-order valence-electron chi connectivity index (χ2n) is 5.70. The Labute approximate surface area is 142 Å². The number of nitro groups is 1. The highest BCUT2D eigenvalue weighted by atomic mass is 16.6. The first-order valence-corrected chi connectivity index (χ1v) is 7.37. The molecule has 2 N–H and O–H groups in total. The minimum absolute atomic E-state index is 0.0778. The van der Waals surface area contributed by atoms with Crippen LogP contribution in [0.4, 0.5) is 5.69 Å². The van der Waals surface area contributed by atoms with Crippen molar-refractivity contribution in [1.82, 2.24) is 4.57 Å². The lowest BCUT2D eigenvalue weighted by atomic mass is 9.84. The molecule has 2 aromatic rings. The maximum absolute atomic E-state index is 12.8. The van der Waals surface area contributed by atoms with E-state index in [1.807, 2.05) is 6.07 Å². The van der Waals surface area contributed by atoms with Crippen LogP contribution in [0.25, 0.3) is 0 Å². The van der Waals surface area contributed by atoms with Crippen LogP contribution < -0.4 is 16.0 Å². The van der Waals surface area contributed by atoms with Crippen molar-refractivity contribution in [3.63, 3.8) is 0 Å². The van der Waals surface area contributed by atoms with Gasteiger partial charge < -0.3 is 15.0 Å². The van der Waals surface area contributed by atoms with Gasteiger partial charge in [0.25, 0.3) is 11.2 Å². The van der Waals surface area contributed by atoms with Crippen molar-refractivity contribution in [2.45, 2.75) is 12.8 Å². The number of nitriles is 1. The first kappa shape index (κ1) is 16.3. The van der Waals surface area contributed by atoms with Crippen LogP contribution in [-0.4, -0.2) is 9.49 Å². The van der Waals surface area contributed by atoms with E-state index in [1.54, 1.807) is 20.0 Å². The van der Waals surface area contributed by atoms with Crippen molar-refractivity contribution in [3.8, 4) is 11.8 Å². The molecule has 3 rings (SSSR count). The third-order valence-corrected chi connectivity index (χ3v) is 4.29. The predicted molar refractivity (Wildman–Crippen MR) is 88.8 cm³/mol. The van der Waals surface area contributed by atoms with E-state index in [1.165, 1.54) is 28.8 Å². The molecule has 0 bridgehead atoms. The number of rotatable bonds is 2. The molecule has 126 valence electrons. The van der Waals surface area contributed by atoms with Crippen LogP contribution in [0, 0.1) is 28.4 Å². The molecule has 8 heteroatoms. The number of non-ortho nitro benzene ring substituents is 1. The van der Waals surface area contributed by atoms with E-state index in [2.05, 4.69) is 0 Å². The van der Waals surface area contributed by atoms with Gasteiger partial charge in [-0.05, 0) is 12.5 Å². The summed E-state index contributed by atoms with van der Waals surface area (Å²) in [5.74, 6) is -0.527. The molecule has 0 radical (unpaired) electrons. The molecule has 1 aliphatic heterocycles. The second-order valence-corrected chi connectivity index (χ2v) is 5.70. The Balaban J connectivity index is 2.27. The monoisotopic (exact) mass is 338 g/mol. The number of nitro benzene ring substituents is 1. The number of hydrogen-bond acceptors (Lipinski definition) is 6. The Morgan fingerprint density at radius 3 is 2.56 bits per heavy atom. The van der Waals surface area contributed by atoms with Crippen molar-refractivity contribution < 1.29 is 9.66 Å². The molecule has 2 heterocycles. The molecule has 8 nitrogen and oxygen atoms in total. The summed E-state index contributed by atoms with van der Waals surface area (Å²) in [5, 5.41) is 20.3. The first-order chi connectivity index (χ1) is 11.8. The van der Waals surface area contributed by atoms with E-state index < -0.39 is 10.8 Å². The van der Waals surface area contributed by atoms with Gasteiger partial charge in [0.15, 0.2) is 0 Å². The molecule has 25 heavy (non-hydrogen) atoms. The van der Waals surface area contributed by atoms with Gasteiger partial charge >= 0.3 is 0 Å². The molecule has 0 amide bonds. The lowest BCUT2D eigenvalue weighted by molar-refractivity contribution is -0.384. The maximum atomic E-state index is 12.8. The molecule has 0 aliphatic carbocycles. The molecule has 1 aromatic heterocycles. The zero-order valence-corrected chi connectivity index (χ0v) is 13.5. The Bertz CT molecular complexity index is 1010. The smallest absolute Gasteiger partial charge is 0.269 e. The third kappa shape index (κ3) is 2.52. The molecular formula is C17H14N4O4. The van der Waals surface area contributed by atoms with Crippen LogP contribution in [0.2, 0.25) is 0 Å². The average Bonchev–Trinajstić information content (AvgIpc) is 2.59. The number of nitrogens with zero attached hydrogens (tertiary/aromatic N) is 3. The summed E-state index contributed by atoms with van der Waals surface area (Å²) in [4.78, 5) is 23.1. The molecular weight excluding hydrogens is 324 g/mol. The van der Waals surface area contributed by atoms with Gasteiger partial charge in [0.2, 0.25) is 5.88 Å². The lowest BCUT2D eigenvalue weighted by Gasteiger charge is -2.26. The number of pyridine rings is 1. The molecule has 1 atom stereocenters. The van der Waals surface area contributed by atoms with Crippen LogP contribution in [0.5, 0.6) is 5.75 Å². The van der Waals surface area contributed by atoms with Gasteiger partial charge in [-0.15, -0.1) is 0 Å². The predicted octanol–water partition coefficient (Wildman–Crippen LogP) is 1.82. The highest BCUT2D eigenvalue weighted by Gasteiger charge is 2.34. The molecule has 0 unspecified atom stereocenters. The van der Waals surface area contributed by atoms with Crippen molar-refractivity contribution in [2.75, 3.05) is 0 Å². The van der Waals surface area contributed by atoms with Gasteiger partial charge in [0.1, 0.15) is 17.4 Å². The van der Waals surface area contributed by atoms with Crippen LogP contribution in [0.1, 0.15) is 22.7 Å². The van der Waals surface area contributed by atoms with Crippen LogP contribution in [0.15, 0.2) is 46.6 Å². The Morgan fingerprint density at radius 1 is 1.36 bits per heavy atom. The fraction of sp³-hybridized carbons (Fsp3) is 0.176. The minimum Gasteiger partial charge on any atom is -0.440 e. The van der Waals surface area contributed by atoms with Crippen molar-refractivity contribution >= 4 is 5.69 Å². The molecule has 1 aliphatic rings. The number of aromatic nitrogens is 1. The van der Waals surface area contributed by atoms with E-state index in [0.29, 0.717) is 17.0 Å². The quantitative estimate of drug-likeness (QED) is 0.658. The normalized spacial score (nSPS) is 16.0. The number of benzene rings is 1. The summed E-state index contributed by atoms with van der Waals surface area (Å²) in [7, 11) is 1.62. The fourth-order valence-electron chi connectivity index (χ4n) is 2.86. The summed E-state index contributed by atoms with van der Waals surface area (Å²) in [6.45, 7) is 1.76. The summed E-state index contributed by atoms with van der Waals surface area (Å²) < 4.78 is 6.93. The zero-order valence-electron chi connectivity index (χ0n) is 13.5. The Kier molecular flexibility index (Phi) is 3.77.